The number of carbonyl (C=O) groups excluding carboxylic acids is 1. The molecule has 0 unspecified atom stereocenters. The molecule has 2 aromatic carbocycles. The highest BCUT2D eigenvalue weighted by Crippen LogP contribution is 2.24. The third-order valence-corrected chi connectivity index (χ3v) is 5.48. The van der Waals surface area contributed by atoms with Gasteiger partial charge in [-0.3, -0.25) is 14.2 Å². The Kier molecular flexibility index (Phi) is 7.43. The van der Waals surface area contributed by atoms with E-state index >= 15 is 0 Å². The Morgan fingerprint density at radius 2 is 1.90 bits per heavy atom. The van der Waals surface area contributed by atoms with E-state index in [4.69, 9.17) is 4.74 Å². The molecule has 0 saturated heterocycles. The zero-order valence-electron chi connectivity index (χ0n) is 16.6. The van der Waals surface area contributed by atoms with Gasteiger partial charge in [0.1, 0.15) is 0 Å². The zero-order valence-corrected chi connectivity index (χ0v) is 17.4. The molecule has 0 aliphatic carbocycles. The maximum absolute atomic E-state index is 13.0. The average molecular weight is 412 g/mol. The van der Waals surface area contributed by atoms with Crippen molar-refractivity contribution >= 4 is 34.3 Å². The van der Waals surface area contributed by atoms with Gasteiger partial charge in [-0.1, -0.05) is 42.1 Å². The van der Waals surface area contributed by atoms with Crippen LogP contribution < -0.4 is 10.9 Å². The van der Waals surface area contributed by atoms with E-state index in [1.165, 1.54) is 11.8 Å². The Morgan fingerprint density at radius 3 is 2.66 bits per heavy atom. The average Bonchev–Trinajstić information content (AvgIpc) is 2.73. The number of hydrogen-bond acceptors (Lipinski definition) is 5. The van der Waals surface area contributed by atoms with Crippen LogP contribution in [0.15, 0.2) is 64.5 Å². The van der Waals surface area contributed by atoms with Crippen molar-refractivity contribution in [3.8, 4) is 0 Å². The molecule has 0 aliphatic rings. The van der Waals surface area contributed by atoms with Crippen LogP contribution in [0, 0.1) is 0 Å². The van der Waals surface area contributed by atoms with Crippen LogP contribution in [0.2, 0.25) is 0 Å². The molecule has 1 atom stereocenters. The van der Waals surface area contributed by atoms with E-state index in [0.717, 1.165) is 5.69 Å². The van der Waals surface area contributed by atoms with E-state index in [-0.39, 0.29) is 11.5 Å². The number of ether oxygens (including phenoxy) is 1. The van der Waals surface area contributed by atoms with Crippen LogP contribution in [0.3, 0.4) is 0 Å². The minimum Gasteiger partial charge on any atom is -0.382 e. The van der Waals surface area contributed by atoms with Crippen molar-refractivity contribution in [2.24, 2.45) is 0 Å². The summed E-state index contributed by atoms with van der Waals surface area (Å²) in [6.07, 6.45) is 0.700. The second-order valence-corrected chi connectivity index (χ2v) is 7.84. The van der Waals surface area contributed by atoms with E-state index in [9.17, 15) is 9.59 Å². The van der Waals surface area contributed by atoms with Crippen LogP contribution >= 0.6 is 11.8 Å². The number of benzene rings is 2. The van der Waals surface area contributed by atoms with Gasteiger partial charge in [0.05, 0.1) is 16.2 Å². The summed E-state index contributed by atoms with van der Waals surface area (Å²) in [4.78, 5) is 30.3. The maximum Gasteiger partial charge on any atom is 0.262 e. The third-order valence-electron chi connectivity index (χ3n) is 4.39. The maximum atomic E-state index is 13.0. The van der Waals surface area contributed by atoms with E-state index < -0.39 is 5.25 Å². The lowest BCUT2D eigenvalue weighted by molar-refractivity contribution is -0.115. The predicted molar refractivity (Wildman–Crippen MR) is 118 cm³/mol. The molecule has 1 N–H and O–H groups in total. The fraction of sp³-hybridized carbons (Fsp3) is 0.318. The Labute approximate surface area is 174 Å². The first-order chi connectivity index (χ1) is 14.1. The molecule has 29 heavy (non-hydrogen) atoms. The first-order valence-corrected chi connectivity index (χ1v) is 10.6. The largest absolute Gasteiger partial charge is 0.382 e. The quantitative estimate of drug-likeness (QED) is 0.328. The van der Waals surface area contributed by atoms with Gasteiger partial charge in [-0.2, -0.15) is 0 Å². The van der Waals surface area contributed by atoms with Crippen LogP contribution in [0.4, 0.5) is 5.69 Å². The first-order valence-electron chi connectivity index (χ1n) is 9.70. The Hall–Kier alpha value is -2.64. The van der Waals surface area contributed by atoms with Gasteiger partial charge < -0.3 is 10.1 Å². The van der Waals surface area contributed by atoms with Crippen LogP contribution in [0.25, 0.3) is 10.9 Å². The molecule has 3 rings (SSSR count). The van der Waals surface area contributed by atoms with Gasteiger partial charge in [0, 0.05) is 25.4 Å². The number of carbonyl (C=O) groups is 1. The van der Waals surface area contributed by atoms with E-state index in [0.29, 0.717) is 42.2 Å². The van der Waals surface area contributed by atoms with Crippen molar-refractivity contribution in [2.45, 2.75) is 37.2 Å². The Balaban J connectivity index is 1.84. The molecule has 152 valence electrons. The summed E-state index contributed by atoms with van der Waals surface area (Å²) >= 11 is 1.29. The highest BCUT2D eigenvalue weighted by Gasteiger charge is 2.19. The summed E-state index contributed by atoms with van der Waals surface area (Å²) in [5.74, 6) is -0.135. The lowest BCUT2D eigenvalue weighted by Crippen LogP contribution is -2.27. The second-order valence-electron chi connectivity index (χ2n) is 6.53. The Morgan fingerprint density at radius 1 is 1.17 bits per heavy atom. The number of anilines is 1. The lowest BCUT2D eigenvalue weighted by Gasteiger charge is -2.16. The van der Waals surface area contributed by atoms with Crippen LogP contribution in [-0.2, 0) is 16.1 Å². The van der Waals surface area contributed by atoms with Gasteiger partial charge in [-0.15, -0.1) is 0 Å². The van der Waals surface area contributed by atoms with Gasteiger partial charge >= 0.3 is 0 Å². The van der Waals surface area contributed by atoms with Crippen LogP contribution in [-0.4, -0.2) is 33.9 Å². The fourth-order valence-corrected chi connectivity index (χ4v) is 3.82. The highest BCUT2D eigenvalue weighted by molar-refractivity contribution is 8.00. The molecule has 0 saturated carbocycles. The van der Waals surface area contributed by atoms with E-state index in [1.54, 1.807) is 10.6 Å². The molecule has 0 radical (unpaired) electrons. The van der Waals surface area contributed by atoms with Crippen molar-refractivity contribution in [1.29, 1.82) is 0 Å². The summed E-state index contributed by atoms with van der Waals surface area (Å²) in [6.45, 7) is 5.46. The Bertz CT molecular complexity index is 1020. The molecule has 1 amide bonds. The smallest absolute Gasteiger partial charge is 0.262 e. The van der Waals surface area contributed by atoms with Gasteiger partial charge in [-0.05, 0) is 44.5 Å². The number of para-hydroxylation sites is 2. The lowest BCUT2D eigenvalue weighted by atomic mass is 10.2. The topological polar surface area (TPSA) is 73.2 Å². The van der Waals surface area contributed by atoms with Crippen LogP contribution in [0.5, 0.6) is 0 Å². The van der Waals surface area contributed by atoms with Crippen molar-refractivity contribution in [3.63, 3.8) is 0 Å². The normalized spacial score (nSPS) is 12.1. The summed E-state index contributed by atoms with van der Waals surface area (Å²) in [5.41, 5.74) is 1.28. The van der Waals surface area contributed by atoms with Crippen molar-refractivity contribution in [3.05, 3.63) is 65.0 Å². The highest BCUT2D eigenvalue weighted by atomic mass is 32.2. The minimum atomic E-state index is -0.415. The summed E-state index contributed by atoms with van der Waals surface area (Å²) in [5, 5.41) is 3.60. The molecule has 1 heterocycles. The number of thioether (sulfide) groups is 1. The number of fused-ring (bicyclic) bond motifs is 1. The van der Waals surface area contributed by atoms with Gasteiger partial charge in [0.15, 0.2) is 5.16 Å². The molecule has 6 nitrogen and oxygen atoms in total. The molecular weight excluding hydrogens is 386 g/mol. The molecular formula is C22H25N3O3S. The van der Waals surface area contributed by atoms with E-state index in [1.807, 2.05) is 62.4 Å². The first kappa shape index (κ1) is 21.1. The molecule has 0 spiro atoms. The van der Waals surface area contributed by atoms with Crippen molar-refractivity contribution in [1.82, 2.24) is 9.55 Å². The van der Waals surface area contributed by atoms with Crippen LogP contribution in [0.1, 0.15) is 20.3 Å². The van der Waals surface area contributed by atoms with Gasteiger partial charge in [-0.25, -0.2) is 4.98 Å². The predicted octanol–water partition coefficient (Wildman–Crippen LogP) is 3.94. The minimum absolute atomic E-state index is 0.0923. The third kappa shape index (κ3) is 5.46. The van der Waals surface area contributed by atoms with E-state index in [2.05, 4.69) is 10.3 Å². The molecule has 3 aromatic rings. The van der Waals surface area contributed by atoms with Crippen molar-refractivity contribution < 1.29 is 9.53 Å². The molecule has 0 aliphatic heterocycles. The standard InChI is InChI=1S/C22H25N3O3S/c1-3-28-15-9-14-25-21(27)18-12-7-8-13-19(18)24-22(25)29-16(2)20(26)23-17-10-5-4-6-11-17/h4-8,10-13,16H,3,9,14-15H2,1-2H3,(H,23,26)/t16-/m0/s1. The fourth-order valence-electron chi connectivity index (χ4n) is 2.88. The summed E-state index contributed by atoms with van der Waals surface area (Å²) in [7, 11) is 0. The monoisotopic (exact) mass is 411 g/mol. The van der Waals surface area contributed by atoms with Gasteiger partial charge in [0.25, 0.3) is 5.56 Å². The number of hydrogen-bond donors (Lipinski definition) is 1. The number of aromatic nitrogens is 2. The summed E-state index contributed by atoms with van der Waals surface area (Å²) < 4.78 is 7.05. The molecule has 7 heteroatoms. The number of amides is 1. The molecule has 1 aromatic heterocycles. The summed E-state index contributed by atoms with van der Waals surface area (Å²) in [6, 6.07) is 16.6. The molecule has 0 fully saturated rings. The SMILES string of the molecule is CCOCCCn1c(S[C@@H](C)C(=O)Nc2ccccc2)nc2ccccc2c1=O. The molecule has 0 bridgehead atoms. The number of rotatable bonds is 9. The van der Waals surface area contributed by atoms with Gasteiger partial charge in [0.2, 0.25) is 5.91 Å². The zero-order chi connectivity index (χ0) is 20.6. The number of nitrogens with one attached hydrogen (secondary N) is 1. The second kappa shape index (κ2) is 10.2. The number of nitrogens with zero attached hydrogens (tertiary/aromatic N) is 2. The van der Waals surface area contributed by atoms with Crippen molar-refractivity contribution in [2.75, 3.05) is 18.5 Å².